The number of aryl methyl sites for hydroxylation is 2. The van der Waals surface area contributed by atoms with E-state index in [2.05, 4.69) is 10.2 Å². The van der Waals surface area contributed by atoms with Gasteiger partial charge in [-0.05, 0) is 38.1 Å². The van der Waals surface area contributed by atoms with E-state index in [1.165, 1.54) is 12.1 Å². The number of rotatable bonds is 2. The van der Waals surface area contributed by atoms with Crippen LogP contribution in [0.3, 0.4) is 0 Å². The maximum absolute atomic E-state index is 14.2. The molecule has 4 aromatic rings. The second-order valence-electron chi connectivity index (χ2n) is 5.91. The molecule has 0 saturated heterocycles. The van der Waals surface area contributed by atoms with Crippen LogP contribution in [0.1, 0.15) is 11.3 Å². The van der Waals surface area contributed by atoms with Gasteiger partial charge in [-0.1, -0.05) is 29.8 Å². The molecule has 0 fully saturated rings. The molecule has 5 nitrogen and oxygen atoms in total. The second kappa shape index (κ2) is 5.66. The van der Waals surface area contributed by atoms with Gasteiger partial charge in [0.25, 0.3) is 5.56 Å². The number of hydrogen-bond acceptors (Lipinski definition) is 3. The van der Waals surface area contributed by atoms with E-state index in [1.54, 1.807) is 29.9 Å². The maximum atomic E-state index is 14.2. The van der Waals surface area contributed by atoms with Crippen molar-refractivity contribution < 1.29 is 4.39 Å². The standard InChI is InChI=1S/C19H15FN4O/c1-12-7-9-14(10-8-12)23-18-15(11-21-23)13(2)22-24(19(18)25)17-6-4-3-5-16(17)20/h3-11H,1-2H3. The Morgan fingerprint density at radius 3 is 2.40 bits per heavy atom. The molecule has 0 atom stereocenters. The third kappa shape index (κ3) is 2.42. The molecule has 0 N–H and O–H groups in total. The summed E-state index contributed by atoms with van der Waals surface area (Å²) in [5.74, 6) is -0.503. The van der Waals surface area contributed by atoms with Gasteiger partial charge in [-0.2, -0.15) is 14.9 Å². The fraction of sp³-hybridized carbons (Fsp3) is 0.105. The van der Waals surface area contributed by atoms with Crippen molar-refractivity contribution in [2.45, 2.75) is 13.8 Å². The lowest BCUT2D eigenvalue weighted by Gasteiger charge is -2.09. The van der Waals surface area contributed by atoms with Crippen LogP contribution in [-0.2, 0) is 0 Å². The number of nitrogens with zero attached hydrogens (tertiary/aromatic N) is 4. The van der Waals surface area contributed by atoms with E-state index in [1.807, 2.05) is 31.2 Å². The highest BCUT2D eigenvalue weighted by atomic mass is 19.1. The van der Waals surface area contributed by atoms with Crippen LogP contribution in [0.25, 0.3) is 22.3 Å². The van der Waals surface area contributed by atoms with Crippen LogP contribution in [0.2, 0.25) is 0 Å². The summed E-state index contributed by atoms with van der Waals surface area (Å²) in [6.07, 6.45) is 1.62. The predicted molar refractivity (Wildman–Crippen MR) is 93.9 cm³/mol. The Hall–Kier alpha value is -3.28. The van der Waals surface area contributed by atoms with Crippen LogP contribution >= 0.6 is 0 Å². The first-order valence-corrected chi connectivity index (χ1v) is 7.86. The van der Waals surface area contributed by atoms with Gasteiger partial charge in [-0.25, -0.2) is 9.07 Å². The molecule has 4 rings (SSSR count). The molecule has 0 unspecified atom stereocenters. The van der Waals surface area contributed by atoms with Crippen molar-refractivity contribution in [3.8, 4) is 11.4 Å². The van der Waals surface area contributed by atoms with Crippen LogP contribution in [0.5, 0.6) is 0 Å². The fourth-order valence-corrected chi connectivity index (χ4v) is 2.84. The minimum absolute atomic E-state index is 0.120. The lowest BCUT2D eigenvalue weighted by molar-refractivity contribution is 0.605. The Bertz CT molecular complexity index is 1140. The summed E-state index contributed by atoms with van der Waals surface area (Å²) in [5, 5.41) is 9.26. The summed E-state index contributed by atoms with van der Waals surface area (Å²) in [6.45, 7) is 3.77. The SMILES string of the molecule is Cc1ccc(-n2ncc3c(C)nn(-c4ccccc4F)c(=O)c32)cc1. The average molecular weight is 334 g/mol. The van der Waals surface area contributed by atoms with Crippen LogP contribution < -0.4 is 5.56 Å². The summed E-state index contributed by atoms with van der Waals surface area (Å²) in [7, 11) is 0. The first-order valence-electron chi connectivity index (χ1n) is 7.86. The van der Waals surface area contributed by atoms with Gasteiger partial charge in [-0.15, -0.1) is 0 Å². The molecule has 0 saturated carbocycles. The zero-order chi connectivity index (χ0) is 17.6. The highest BCUT2D eigenvalue weighted by Gasteiger charge is 2.17. The topological polar surface area (TPSA) is 52.7 Å². The van der Waals surface area contributed by atoms with Gasteiger partial charge in [-0.3, -0.25) is 4.79 Å². The molecule has 2 aromatic carbocycles. The Morgan fingerprint density at radius 2 is 1.68 bits per heavy atom. The lowest BCUT2D eigenvalue weighted by Crippen LogP contribution is -2.24. The van der Waals surface area contributed by atoms with Crippen LogP contribution in [0, 0.1) is 19.7 Å². The van der Waals surface area contributed by atoms with E-state index in [4.69, 9.17) is 0 Å². The molecule has 124 valence electrons. The molecule has 0 bridgehead atoms. The monoisotopic (exact) mass is 334 g/mol. The smallest absolute Gasteiger partial charge is 0.265 e. The van der Waals surface area contributed by atoms with Crippen molar-refractivity contribution in [3.05, 3.63) is 82.2 Å². The van der Waals surface area contributed by atoms with Gasteiger partial charge in [0.15, 0.2) is 0 Å². The zero-order valence-corrected chi connectivity index (χ0v) is 13.8. The summed E-state index contributed by atoms with van der Waals surface area (Å²) < 4.78 is 16.8. The highest BCUT2D eigenvalue weighted by molar-refractivity contribution is 5.81. The van der Waals surface area contributed by atoms with Crippen molar-refractivity contribution in [2.24, 2.45) is 0 Å². The van der Waals surface area contributed by atoms with E-state index in [9.17, 15) is 9.18 Å². The molecule has 2 heterocycles. The number of hydrogen-bond donors (Lipinski definition) is 0. The molecule has 2 aromatic heterocycles. The van der Waals surface area contributed by atoms with E-state index in [0.29, 0.717) is 16.6 Å². The van der Waals surface area contributed by atoms with Crippen molar-refractivity contribution in [3.63, 3.8) is 0 Å². The van der Waals surface area contributed by atoms with Crippen LogP contribution in [0.4, 0.5) is 4.39 Å². The highest BCUT2D eigenvalue weighted by Crippen LogP contribution is 2.19. The fourth-order valence-electron chi connectivity index (χ4n) is 2.84. The average Bonchev–Trinajstić information content (AvgIpc) is 3.05. The van der Waals surface area contributed by atoms with Crippen molar-refractivity contribution in [1.82, 2.24) is 19.6 Å². The van der Waals surface area contributed by atoms with Crippen molar-refractivity contribution >= 4 is 10.9 Å². The van der Waals surface area contributed by atoms with Gasteiger partial charge >= 0.3 is 0 Å². The first kappa shape index (κ1) is 15.3. The van der Waals surface area contributed by atoms with E-state index < -0.39 is 11.4 Å². The van der Waals surface area contributed by atoms with Gasteiger partial charge in [0, 0.05) is 5.39 Å². The number of halogens is 1. The second-order valence-corrected chi connectivity index (χ2v) is 5.91. The van der Waals surface area contributed by atoms with Gasteiger partial charge in [0.1, 0.15) is 17.0 Å². The van der Waals surface area contributed by atoms with Crippen LogP contribution in [-0.4, -0.2) is 19.6 Å². The third-order valence-corrected chi connectivity index (χ3v) is 4.16. The molecule has 25 heavy (non-hydrogen) atoms. The molecular formula is C19H15FN4O. The molecule has 0 amide bonds. The van der Waals surface area contributed by atoms with E-state index in [0.717, 1.165) is 15.9 Å². The molecule has 0 aliphatic rings. The Morgan fingerprint density at radius 1 is 0.960 bits per heavy atom. The van der Waals surface area contributed by atoms with Crippen molar-refractivity contribution in [1.29, 1.82) is 0 Å². The van der Waals surface area contributed by atoms with Crippen LogP contribution in [0.15, 0.2) is 59.5 Å². The van der Waals surface area contributed by atoms with E-state index in [-0.39, 0.29) is 5.69 Å². The summed E-state index contributed by atoms with van der Waals surface area (Å²) in [4.78, 5) is 13.0. The Labute approximate surface area is 143 Å². The minimum atomic E-state index is -0.503. The first-order chi connectivity index (χ1) is 12.1. The number of para-hydroxylation sites is 1. The largest absolute Gasteiger partial charge is 0.298 e. The Kier molecular flexibility index (Phi) is 3.46. The normalized spacial score (nSPS) is 11.2. The molecule has 0 spiro atoms. The summed E-state index contributed by atoms with van der Waals surface area (Å²) in [5.41, 5.74) is 2.57. The molecule has 6 heteroatoms. The third-order valence-electron chi connectivity index (χ3n) is 4.16. The Balaban J connectivity index is 2.05. The molecule has 0 aliphatic carbocycles. The molecular weight excluding hydrogens is 319 g/mol. The van der Waals surface area contributed by atoms with Crippen molar-refractivity contribution in [2.75, 3.05) is 0 Å². The predicted octanol–water partition coefficient (Wildman–Crippen LogP) is 3.33. The van der Waals surface area contributed by atoms with Gasteiger partial charge in [0.2, 0.25) is 0 Å². The number of benzene rings is 2. The maximum Gasteiger partial charge on any atom is 0.298 e. The molecule has 0 aliphatic heterocycles. The van der Waals surface area contributed by atoms with Gasteiger partial charge < -0.3 is 0 Å². The lowest BCUT2D eigenvalue weighted by atomic mass is 10.2. The quantitative estimate of drug-likeness (QED) is 0.565. The zero-order valence-electron chi connectivity index (χ0n) is 13.8. The number of aromatic nitrogens is 4. The summed E-state index contributed by atoms with van der Waals surface area (Å²) >= 11 is 0. The number of fused-ring (bicyclic) bond motifs is 1. The summed E-state index contributed by atoms with van der Waals surface area (Å²) in [6, 6.07) is 13.8. The minimum Gasteiger partial charge on any atom is -0.265 e. The molecule has 0 radical (unpaired) electrons. The van der Waals surface area contributed by atoms with Gasteiger partial charge in [0.05, 0.1) is 17.6 Å². The van der Waals surface area contributed by atoms with E-state index >= 15 is 0 Å².